The first kappa shape index (κ1) is 7.60. The maximum atomic E-state index is 11.3. The molecule has 1 radical (unpaired) electrons. The van der Waals surface area contributed by atoms with E-state index in [2.05, 4.69) is 0 Å². The lowest BCUT2D eigenvalue weighted by Gasteiger charge is -1.88. The Morgan fingerprint density at radius 1 is 1.25 bits per heavy atom. The molecule has 0 aliphatic carbocycles. The van der Waals surface area contributed by atoms with Crippen LogP contribution in [0.25, 0.3) is 0 Å². The molecule has 0 rings (SSSR count). The summed E-state index contributed by atoms with van der Waals surface area (Å²) in [5.41, 5.74) is 0. The van der Waals surface area contributed by atoms with Crippen molar-refractivity contribution < 1.29 is 9.18 Å². The molecule has 0 saturated heterocycles. The van der Waals surface area contributed by atoms with E-state index in [9.17, 15) is 9.18 Å². The normalized spacial score (nSPS) is 9.12. The van der Waals surface area contributed by atoms with Gasteiger partial charge in [0.25, 0.3) is 0 Å². The van der Waals surface area contributed by atoms with Crippen LogP contribution in [0.1, 0.15) is 25.7 Å². The van der Waals surface area contributed by atoms with Crippen LogP contribution in [0.2, 0.25) is 0 Å². The summed E-state index contributed by atoms with van der Waals surface area (Å²) < 4.78 is 11.3. The molecule has 0 aromatic carbocycles. The van der Waals surface area contributed by atoms with Crippen molar-refractivity contribution in [3.8, 4) is 0 Å². The van der Waals surface area contributed by atoms with E-state index >= 15 is 0 Å². The molecule has 2 heteroatoms. The zero-order chi connectivity index (χ0) is 6.24. The lowest BCUT2D eigenvalue weighted by Crippen LogP contribution is -1.79. The first-order valence-corrected chi connectivity index (χ1v) is 2.82. The summed E-state index contributed by atoms with van der Waals surface area (Å²) in [6.07, 6.45) is 4.39. The van der Waals surface area contributed by atoms with Crippen LogP contribution in [0.15, 0.2) is 0 Å². The van der Waals surface area contributed by atoms with Gasteiger partial charge in [-0.2, -0.15) is 0 Å². The van der Waals surface area contributed by atoms with Gasteiger partial charge in [0.15, 0.2) is 6.29 Å². The van der Waals surface area contributed by atoms with Crippen molar-refractivity contribution >= 4 is 6.29 Å². The molecule has 0 heterocycles. The van der Waals surface area contributed by atoms with E-state index in [1.165, 1.54) is 0 Å². The lowest BCUT2D eigenvalue weighted by atomic mass is 10.2. The number of hydrogen-bond donors (Lipinski definition) is 0. The number of alkyl halides is 1. The van der Waals surface area contributed by atoms with Gasteiger partial charge in [0, 0.05) is 6.42 Å². The van der Waals surface area contributed by atoms with Gasteiger partial charge in [-0.1, -0.05) is 6.42 Å². The quantitative estimate of drug-likeness (QED) is 0.500. The Labute approximate surface area is 48.9 Å². The number of carbonyl (C=O) groups excluding carboxylic acids is 1. The van der Waals surface area contributed by atoms with Gasteiger partial charge in [-0.25, -0.2) is 0 Å². The highest BCUT2D eigenvalue weighted by Gasteiger charge is 1.85. The summed E-state index contributed by atoms with van der Waals surface area (Å²) in [7, 11) is 0. The van der Waals surface area contributed by atoms with Crippen LogP contribution in [0.5, 0.6) is 0 Å². The van der Waals surface area contributed by atoms with E-state index in [4.69, 9.17) is 0 Å². The Balaban J connectivity index is 2.62. The van der Waals surface area contributed by atoms with Crippen LogP contribution >= 0.6 is 0 Å². The standard InChI is InChI=1S/C6H10FO/c7-5-3-1-2-4-6-8/h1-5H2. The van der Waals surface area contributed by atoms with Crippen LogP contribution < -0.4 is 0 Å². The average Bonchev–Trinajstić information content (AvgIpc) is 1.81. The fraction of sp³-hybridized carbons (Fsp3) is 0.833. The monoisotopic (exact) mass is 117 g/mol. The molecule has 0 atom stereocenters. The third kappa shape index (κ3) is 5.60. The molecule has 0 unspecified atom stereocenters. The second-order valence-electron chi connectivity index (χ2n) is 1.64. The Hall–Kier alpha value is -0.400. The molecule has 47 valence electrons. The predicted molar refractivity (Wildman–Crippen MR) is 30.1 cm³/mol. The van der Waals surface area contributed by atoms with Gasteiger partial charge in [0.05, 0.1) is 6.67 Å². The summed E-state index contributed by atoms with van der Waals surface area (Å²) in [5.74, 6) is 0. The maximum absolute atomic E-state index is 11.3. The molecule has 0 aromatic heterocycles. The summed E-state index contributed by atoms with van der Waals surface area (Å²) in [5, 5.41) is 0. The summed E-state index contributed by atoms with van der Waals surface area (Å²) in [4.78, 5) is 9.55. The van der Waals surface area contributed by atoms with Crippen molar-refractivity contribution in [2.75, 3.05) is 6.67 Å². The van der Waals surface area contributed by atoms with Crippen LogP contribution in [-0.4, -0.2) is 13.0 Å². The van der Waals surface area contributed by atoms with Crippen molar-refractivity contribution in [1.29, 1.82) is 0 Å². The van der Waals surface area contributed by atoms with Gasteiger partial charge in [-0.3, -0.25) is 9.18 Å². The number of rotatable bonds is 5. The van der Waals surface area contributed by atoms with Crippen LogP contribution in [0, 0.1) is 0 Å². The minimum absolute atomic E-state index is 0.265. The molecule has 0 aromatic rings. The number of unbranched alkanes of at least 4 members (excludes halogenated alkanes) is 3. The van der Waals surface area contributed by atoms with E-state index in [0.717, 1.165) is 12.8 Å². The molecule has 0 spiro atoms. The Morgan fingerprint density at radius 2 is 2.00 bits per heavy atom. The molecular formula is C6H10FO. The lowest BCUT2D eigenvalue weighted by molar-refractivity contribution is 0.456. The molecular weight excluding hydrogens is 107 g/mol. The van der Waals surface area contributed by atoms with E-state index in [-0.39, 0.29) is 6.67 Å². The fourth-order valence-electron chi connectivity index (χ4n) is 0.468. The van der Waals surface area contributed by atoms with Crippen LogP contribution in [0.4, 0.5) is 4.39 Å². The first-order chi connectivity index (χ1) is 3.91. The van der Waals surface area contributed by atoms with Crippen molar-refractivity contribution in [2.24, 2.45) is 0 Å². The molecule has 0 bridgehead atoms. The molecule has 0 fully saturated rings. The molecule has 0 saturated carbocycles. The highest BCUT2D eigenvalue weighted by molar-refractivity contribution is 5.50. The van der Waals surface area contributed by atoms with Crippen LogP contribution in [-0.2, 0) is 4.79 Å². The summed E-state index contributed by atoms with van der Waals surface area (Å²) in [6, 6.07) is 0. The van der Waals surface area contributed by atoms with Gasteiger partial charge >= 0.3 is 0 Å². The number of hydrogen-bond acceptors (Lipinski definition) is 1. The smallest absolute Gasteiger partial charge is 0.198 e. The Bertz CT molecular complexity index is 54.5. The average molecular weight is 117 g/mol. The molecule has 0 aliphatic rings. The first-order valence-electron chi connectivity index (χ1n) is 2.82. The largest absolute Gasteiger partial charge is 0.291 e. The van der Waals surface area contributed by atoms with E-state index in [0.29, 0.717) is 12.8 Å². The molecule has 0 N–H and O–H groups in total. The minimum atomic E-state index is -0.265. The molecule has 0 aliphatic heterocycles. The van der Waals surface area contributed by atoms with Crippen molar-refractivity contribution in [3.63, 3.8) is 0 Å². The van der Waals surface area contributed by atoms with Crippen molar-refractivity contribution in [3.05, 3.63) is 0 Å². The van der Waals surface area contributed by atoms with Gasteiger partial charge in [-0.05, 0) is 12.8 Å². The van der Waals surface area contributed by atoms with Gasteiger partial charge in [0.2, 0.25) is 0 Å². The maximum Gasteiger partial charge on any atom is 0.198 e. The van der Waals surface area contributed by atoms with E-state index in [1.807, 2.05) is 0 Å². The Kier molecular flexibility index (Phi) is 6.27. The van der Waals surface area contributed by atoms with Gasteiger partial charge < -0.3 is 0 Å². The van der Waals surface area contributed by atoms with Gasteiger partial charge in [0.1, 0.15) is 0 Å². The fourth-order valence-corrected chi connectivity index (χ4v) is 0.468. The molecule has 0 amide bonds. The van der Waals surface area contributed by atoms with Gasteiger partial charge in [-0.15, -0.1) is 0 Å². The summed E-state index contributed by atoms with van der Waals surface area (Å²) >= 11 is 0. The third-order valence-corrected chi connectivity index (χ3v) is 0.912. The topological polar surface area (TPSA) is 17.1 Å². The van der Waals surface area contributed by atoms with Crippen LogP contribution in [0.3, 0.4) is 0 Å². The number of halogens is 1. The Morgan fingerprint density at radius 3 is 2.50 bits per heavy atom. The van der Waals surface area contributed by atoms with Crippen molar-refractivity contribution in [1.82, 2.24) is 0 Å². The highest BCUT2D eigenvalue weighted by atomic mass is 19.1. The molecule has 8 heavy (non-hydrogen) atoms. The van der Waals surface area contributed by atoms with Crippen molar-refractivity contribution in [2.45, 2.75) is 25.7 Å². The summed E-state index contributed by atoms with van der Waals surface area (Å²) in [6.45, 7) is -0.265. The zero-order valence-electron chi connectivity index (χ0n) is 4.82. The highest BCUT2D eigenvalue weighted by Crippen LogP contribution is 1.96. The zero-order valence-corrected chi connectivity index (χ0v) is 4.82. The SMILES string of the molecule is O=[C]CCCCCF. The third-order valence-electron chi connectivity index (χ3n) is 0.912. The van der Waals surface area contributed by atoms with E-state index in [1.54, 1.807) is 6.29 Å². The second kappa shape index (κ2) is 6.60. The second-order valence-corrected chi connectivity index (χ2v) is 1.64. The minimum Gasteiger partial charge on any atom is -0.291 e. The van der Waals surface area contributed by atoms with E-state index < -0.39 is 0 Å². The molecule has 1 nitrogen and oxygen atoms in total. The predicted octanol–water partition coefficient (Wildman–Crippen LogP) is 1.63.